The maximum Gasteiger partial charge on any atom is 0.268 e. The summed E-state index contributed by atoms with van der Waals surface area (Å²) in [5, 5.41) is 4.17. The van der Waals surface area contributed by atoms with Crippen LogP contribution >= 0.6 is 0 Å². The minimum absolute atomic E-state index is 0.0953. The molecular weight excluding hydrogens is 299 g/mol. The predicted octanol–water partition coefficient (Wildman–Crippen LogP) is 0.410. The Bertz CT molecular complexity index is 669. The van der Waals surface area contributed by atoms with Gasteiger partial charge in [-0.05, 0) is 42.5 Å². The van der Waals surface area contributed by atoms with Gasteiger partial charge >= 0.3 is 0 Å². The molecule has 4 N–H and O–H groups in total. The second kappa shape index (κ2) is 5.66. The average Bonchev–Trinajstić information content (AvgIpc) is 3.31. The maximum atomic E-state index is 13.0. The minimum atomic E-state index is -1.03. The first-order valence-electron chi connectivity index (χ1n) is 7.51. The molecule has 1 aromatic carbocycles. The van der Waals surface area contributed by atoms with E-state index in [1.807, 2.05) is 0 Å². The first-order chi connectivity index (χ1) is 11.0. The second-order valence-corrected chi connectivity index (χ2v) is 5.94. The third-order valence-corrected chi connectivity index (χ3v) is 4.32. The highest BCUT2D eigenvalue weighted by Crippen LogP contribution is 2.43. The molecule has 2 aliphatic rings. The summed E-state index contributed by atoms with van der Waals surface area (Å²) in [5.74, 6) is -1.03. The number of nitrogens with zero attached hydrogens (tertiary/aromatic N) is 1. The van der Waals surface area contributed by atoms with E-state index in [2.05, 4.69) is 10.7 Å². The monoisotopic (exact) mass is 318 g/mol. The Morgan fingerprint density at radius 2 is 2.04 bits per heavy atom. The topological polar surface area (TPSA) is 87.5 Å². The van der Waals surface area contributed by atoms with Crippen LogP contribution in [0, 0.1) is 11.7 Å². The van der Waals surface area contributed by atoms with Gasteiger partial charge in [-0.1, -0.05) is 12.1 Å². The molecule has 0 spiro atoms. The molecule has 7 heteroatoms. The van der Waals surface area contributed by atoms with Gasteiger partial charge in [0.05, 0.1) is 6.54 Å². The molecule has 1 aromatic rings. The number of primary amides is 1. The fourth-order valence-corrected chi connectivity index (χ4v) is 2.90. The Labute approximate surface area is 133 Å². The standard InChI is InChI=1S/C16H19FN4O2/c1-19-14(22)13-8-16(15(18)23,11-4-5-11)20-21(13)9-10-2-6-12(17)7-3-10/h2-3,6-8,11,20H,4-5,9H2,1H3,(H2,18,23)(H,19,22). The van der Waals surface area contributed by atoms with Gasteiger partial charge in [0.15, 0.2) is 0 Å². The van der Waals surface area contributed by atoms with Gasteiger partial charge in [-0.3, -0.25) is 14.6 Å². The number of hydrogen-bond acceptors (Lipinski definition) is 4. The van der Waals surface area contributed by atoms with Crippen molar-refractivity contribution in [1.29, 1.82) is 0 Å². The predicted molar refractivity (Wildman–Crippen MR) is 81.9 cm³/mol. The maximum absolute atomic E-state index is 13.0. The number of rotatable bonds is 5. The summed E-state index contributed by atoms with van der Waals surface area (Å²) in [4.78, 5) is 24.2. The Balaban J connectivity index is 1.90. The highest BCUT2D eigenvalue weighted by molar-refractivity contribution is 5.97. The Morgan fingerprint density at radius 1 is 1.39 bits per heavy atom. The van der Waals surface area contributed by atoms with Gasteiger partial charge in [0.1, 0.15) is 17.1 Å². The first kappa shape index (κ1) is 15.5. The molecule has 0 radical (unpaired) electrons. The van der Waals surface area contributed by atoms with Gasteiger partial charge in [0.2, 0.25) is 5.91 Å². The molecule has 1 fully saturated rings. The normalized spacial score (nSPS) is 23.6. The van der Waals surface area contributed by atoms with Gasteiger partial charge < -0.3 is 11.1 Å². The van der Waals surface area contributed by atoms with E-state index in [0.29, 0.717) is 12.2 Å². The number of carbonyl (C=O) groups is 2. The SMILES string of the molecule is CNC(=O)C1=CC(C(N)=O)(C2CC2)NN1Cc1ccc(F)cc1. The zero-order chi connectivity index (χ0) is 16.6. The van der Waals surface area contributed by atoms with Crippen molar-refractivity contribution in [3.8, 4) is 0 Å². The van der Waals surface area contributed by atoms with Crippen LogP contribution in [0.2, 0.25) is 0 Å². The fraction of sp³-hybridized carbons (Fsp3) is 0.375. The number of hydrogen-bond donors (Lipinski definition) is 3. The van der Waals surface area contributed by atoms with Crippen LogP contribution in [0.1, 0.15) is 18.4 Å². The van der Waals surface area contributed by atoms with Crippen LogP contribution in [0.3, 0.4) is 0 Å². The summed E-state index contributed by atoms with van der Waals surface area (Å²) in [5.41, 5.74) is 8.84. The number of benzene rings is 1. The number of halogens is 1. The lowest BCUT2D eigenvalue weighted by Crippen LogP contribution is -2.57. The molecule has 0 aromatic heterocycles. The Morgan fingerprint density at radius 3 is 2.57 bits per heavy atom. The summed E-state index contributed by atoms with van der Waals surface area (Å²) in [6, 6.07) is 5.99. The van der Waals surface area contributed by atoms with E-state index in [0.717, 1.165) is 18.4 Å². The van der Waals surface area contributed by atoms with Gasteiger partial charge in [-0.25, -0.2) is 9.82 Å². The molecule has 1 aliphatic carbocycles. The molecule has 6 nitrogen and oxygen atoms in total. The second-order valence-electron chi connectivity index (χ2n) is 5.94. The van der Waals surface area contributed by atoms with Crippen LogP contribution in [-0.2, 0) is 16.1 Å². The van der Waals surface area contributed by atoms with Crippen LogP contribution in [-0.4, -0.2) is 29.4 Å². The third kappa shape index (κ3) is 2.79. The van der Waals surface area contributed by atoms with Gasteiger partial charge in [-0.2, -0.15) is 0 Å². The lowest BCUT2D eigenvalue weighted by molar-refractivity contribution is -0.125. The van der Waals surface area contributed by atoms with Crippen molar-refractivity contribution in [2.75, 3.05) is 7.05 Å². The third-order valence-electron chi connectivity index (χ3n) is 4.32. The van der Waals surface area contributed by atoms with Crippen molar-refractivity contribution in [3.63, 3.8) is 0 Å². The molecule has 122 valence electrons. The molecule has 1 atom stereocenters. The van der Waals surface area contributed by atoms with Crippen LogP contribution in [0.25, 0.3) is 0 Å². The lowest BCUT2D eigenvalue weighted by atomic mass is 9.93. The highest BCUT2D eigenvalue weighted by Gasteiger charge is 2.53. The number of likely N-dealkylation sites (N-methyl/N-ethyl adjacent to an activating group) is 1. The van der Waals surface area contributed by atoms with E-state index in [9.17, 15) is 14.0 Å². The minimum Gasteiger partial charge on any atom is -0.368 e. The summed E-state index contributed by atoms with van der Waals surface area (Å²) in [6.07, 6.45) is 3.39. The lowest BCUT2D eigenvalue weighted by Gasteiger charge is -2.29. The van der Waals surface area contributed by atoms with Crippen molar-refractivity contribution < 1.29 is 14.0 Å². The van der Waals surface area contributed by atoms with Crippen LogP contribution in [0.5, 0.6) is 0 Å². The summed E-state index contributed by atoms with van der Waals surface area (Å²) >= 11 is 0. The van der Waals surface area contributed by atoms with E-state index >= 15 is 0 Å². The average molecular weight is 318 g/mol. The molecule has 3 rings (SSSR count). The molecule has 0 saturated heterocycles. The van der Waals surface area contributed by atoms with Gasteiger partial charge in [-0.15, -0.1) is 0 Å². The number of carbonyl (C=O) groups excluding carboxylic acids is 2. The van der Waals surface area contributed by atoms with E-state index in [1.54, 1.807) is 23.2 Å². The largest absolute Gasteiger partial charge is 0.368 e. The van der Waals surface area contributed by atoms with Crippen molar-refractivity contribution in [2.45, 2.75) is 24.9 Å². The van der Waals surface area contributed by atoms with Crippen LogP contribution in [0.15, 0.2) is 36.0 Å². The number of hydrazine groups is 1. The molecular formula is C16H19FN4O2. The number of nitrogens with one attached hydrogen (secondary N) is 2. The molecule has 2 amide bonds. The summed E-state index contributed by atoms with van der Waals surface area (Å²) in [6.45, 7) is 0.321. The fourth-order valence-electron chi connectivity index (χ4n) is 2.90. The molecule has 1 unspecified atom stereocenters. The zero-order valence-electron chi connectivity index (χ0n) is 12.8. The Kier molecular flexibility index (Phi) is 3.81. The Hall–Kier alpha value is -2.41. The summed E-state index contributed by atoms with van der Waals surface area (Å²) < 4.78 is 13.0. The molecule has 0 bridgehead atoms. The smallest absolute Gasteiger partial charge is 0.268 e. The van der Waals surface area contributed by atoms with Crippen molar-refractivity contribution >= 4 is 11.8 Å². The van der Waals surface area contributed by atoms with Crippen molar-refractivity contribution in [1.82, 2.24) is 15.8 Å². The van der Waals surface area contributed by atoms with Crippen molar-refractivity contribution in [2.24, 2.45) is 11.7 Å². The molecule has 1 saturated carbocycles. The molecule has 23 heavy (non-hydrogen) atoms. The van der Waals surface area contributed by atoms with Gasteiger partial charge in [0.25, 0.3) is 5.91 Å². The summed E-state index contributed by atoms with van der Waals surface area (Å²) in [7, 11) is 1.53. The molecule has 1 heterocycles. The highest BCUT2D eigenvalue weighted by atomic mass is 19.1. The first-order valence-corrected chi connectivity index (χ1v) is 7.51. The van der Waals surface area contributed by atoms with Crippen LogP contribution in [0.4, 0.5) is 4.39 Å². The van der Waals surface area contributed by atoms with E-state index < -0.39 is 11.4 Å². The van der Waals surface area contributed by atoms with E-state index in [1.165, 1.54) is 19.2 Å². The van der Waals surface area contributed by atoms with E-state index in [-0.39, 0.29) is 17.6 Å². The quantitative estimate of drug-likeness (QED) is 0.734. The van der Waals surface area contributed by atoms with Crippen molar-refractivity contribution in [3.05, 3.63) is 47.4 Å². The zero-order valence-corrected chi connectivity index (χ0v) is 12.8. The number of nitrogens with two attached hydrogens (primary N) is 1. The number of amides is 2. The van der Waals surface area contributed by atoms with E-state index in [4.69, 9.17) is 5.73 Å². The molecule has 1 aliphatic heterocycles. The van der Waals surface area contributed by atoms with Crippen LogP contribution < -0.4 is 16.5 Å². The van der Waals surface area contributed by atoms with Gasteiger partial charge in [0, 0.05) is 7.05 Å².